The SMILES string of the molecule is CCCN1C(=O)c2cc(C(=O)NCCN3CCOCC3)nn2CC1(C)C(=O)NC1CCCC1. The molecule has 0 spiro atoms. The standard InChI is InChI=1S/C23H36N6O4/c1-3-9-28-21(31)19-15-18(20(30)24-8-10-27-11-13-33-14-12-27)26-29(19)16-23(28,2)22(32)25-17-6-4-5-7-17/h15,17H,3-14,16H2,1-2H3,(H,24,30)(H,25,32). The van der Waals surface area contributed by atoms with Crippen LogP contribution in [-0.2, 0) is 16.1 Å². The Balaban J connectivity index is 1.45. The summed E-state index contributed by atoms with van der Waals surface area (Å²) in [4.78, 5) is 43.3. The molecule has 1 saturated heterocycles. The summed E-state index contributed by atoms with van der Waals surface area (Å²) in [5.74, 6) is -0.710. The summed E-state index contributed by atoms with van der Waals surface area (Å²) in [7, 11) is 0. The van der Waals surface area contributed by atoms with Gasteiger partial charge >= 0.3 is 0 Å². The van der Waals surface area contributed by atoms with E-state index in [-0.39, 0.29) is 36.0 Å². The first kappa shape index (κ1) is 23.7. The largest absolute Gasteiger partial charge is 0.379 e. The normalized spacial score (nSPS) is 24.1. The molecule has 2 aliphatic heterocycles. The van der Waals surface area contributed by atoms with Crippen molar-refractivity contribution in [3.63, 3.8) is 0 Å². The number of carbonyl (C=O) groups is 3. The van der Waals surface area contributed by atoms with Crippen molar-refractivity contribution in [3.05, 3.63) is 17.5 Å². The lowest BCUT2D eigenvalue weighted by Crippen LogP contribution is -2.65. The lowest BCUT2D eigenvalue weighted by molar-refractivity contribution is -0.133. The summed E-state index contributed by atoms with van der Waals surface area (Å²) >= 11 is 0. The van der Waals surface area contributed by atoms with Gasteiger partial charge in [0, 0.05) is 44.8 Å². The van der Waals surface area contributed by atoms with Crippen LogP contribution in [0.15, 0.2) is 6.07 Å². The van der Waals surface area contributed by atoms with Gasteiger partial charge in [0.1, 0.15) is 11.2 Å². The molecule has 1 saturated carbocycles. The zero-order chi connectivity index (χ0) is 23.4. The maximum absolute atomic E-state index is 13.4. The molecule has 0 radical (unpaired) electrons. The van der Waals surface area contributed by atoms with Crippen molar-refractivity contribution in [2.24, 2.45) is 0 Å². The van der Waals surface area contributed by atoms with E-state index in [9.17, 15) is 14.4 Å². The molecule has 33 heavy (non-hydrogen) atoms. The maximum Gasteiger partial charge on any atom is 0.273 e. The molecule has 0 bridgehead atoms. The van der Waals surface area contributed by atoms with Crippen LogP contribution in [0.5, 0.6) is 0 Å². The first-order chi connectivity index (χ1) is 15.9. The van der Waals surface area contributed by atoms with Crippen LogP contribution < -0.4 is 10.6 Å². The first-order valence-electron chi connectivity index (χ1n) is 12.2. The third kappa shape index (κ3) is 5.06. The number of hydrogen-bond donors (Lipinski definition) is 2. The van der Waals surface area contributed by atoms with Crippen molar-refractivity contribution >= 4 is 17.7 Å². The van der Waals surface area contributed by atoms with Gasteiger partial charge in [0.15, 0.2) is 5.69 Å². The minimum atomic E-state index is -1.04. The molecule has 10 nitrogen and oxygen atoms in total. The molecule has 1 atom stereocenters. The van der Waals surface area contributed by atoms with E-state index >= 15 is 0 Å². The van der Waals surface area contributed by atoms with E-state index in [1.807, 2.05) is 6.92 Å². The van der Waals surface area contributed by atoms with E-state index in [4.69, 9.17) is 4.74 Å². The van der Waals surface area contributed by atoms with Crippen LogP contribution in [-0.4, -0.2) is 94.8 Å². The molecule has 1 aromatic heterocycles. The first-order valence-corrected chi connectivity index (χ1v) is 12.2. The fraction of sp³-hybridized carbons (Fsp3) is 0.739. The van der Waals surface area contributed by atoms with Crippen LogP contribution in [0, 0.1) is 0 Å². The van der Waals surface area contributed by atoms with Crippen molar-refractivity contribution in [2.45, 2.75) is 64.1 Å². The molecule has 2 fully saturated rings. The van der Waals surface area contributed by atoms with Gasteiger partial charge in [-0.2, -0.15) is 5.10 Å². The summed E-state index contributed by atoms with van der Waals surface area (Å²) in [6.07, 6.45) is 4.93. The van der Waals surface area contributed by atoms with Gasteiger partial charge in [-0.25, -0.2) is 0 Å². The molecule has 10 heteroatoms. The summed E-state index contributed by atoms with van der Waals surface area (Å²) in [5.41, 5.74) is -0.483. The predicted octanol–water partition coefficient (Wildman–Crippen LogP) is 0.628. The van der Waals surface area contributed by atoms with Gasteiger partial charge in [0.05, 0.1) is 19.8 Å². The lowest BCUT2D eigenvalue weighted by Gasteiger charge is -2.43. The van der Waals surface area contributed by atoms with Gasteiger partial charge < -0.3 is 20.3 Å². The second kappa shape index (κ2) is 10.2. The molecule has 4 rings (SSSR count). The molecular formula is C23H36N6O4. The third-order valence-corrected chi connectivity index (χ3v) is 6.97. The molecule has 3 aliphatic rings. The topological polar surface area (TPSA) is 109 Å². The van der Waals surface area contributed by atoms with Crippen LogP contribution in [0.25, 0.3) is 0 Å². The Hall–Kier alpha value is -2.46. The van der Waals surface area contributed by atoms with Crippen molar-refractivity contribution < 1.29 is 19.1 Å². The number of hydrogen-bond acceptors (Lipinski definition) is 6. The van der Waals surface area contributed by atoms with Crippen molar-refractivity contribution in [2.75, 3.05) is 45.9 Å². The second-order valence-corrected chi connectivity index (χ2v) is 9.47. The van der Waals surface area contributed by atoms with Gasteiger partial charge in [-0.15, -0.1) is 0 Å². The van der Waals surface area contributed by atoms with Crippen LogP contribution in [0.4, 0.5) is 0 Å². The average Bonchev–Trinajstić information content (AvgIpc) is 3.47. The molecule has 0 aromatic carbocycles. The Bertz CT molecular complexity index is 874. The van der Waals surface area contributed by atoms with E-state index in [2.05, 4.69) is 20.6 Å². The third-order valence-electron chi connectivity index (χ3n) is 6.97. The minimum Gasteiger partial charge on any atom is -0.379 e. The van der Waals surface area contributed by atoms with Gasteiger partial charge in [-0.3, -0.25) is 24.0 Å². The molecule has 182 valence electrons. The van der Waals surface area contributed by atoms with Gasteiger partial charge in [-0.1, -0.05) is 19.8 Å². The van der Waals surface area contributed by atoms with Crippen LogP contribution in [0.2, 0.25) is 0 Å². The number of aromatic nitrogens is 2. The van der Waals surface area contributed by atoms with E-state index < -0.39 is 5.54 Å². The lowest BCUT2D eigenvalue weighted by atomic mass is 9.94. The number of ether oxygens (including phenoxy) is 1. The van der Waals surface area contributed by atoms with Crippen molar-refractivity contribution in [1.29, 1.82) is 0 Å². The summed E-state index contributed by atoms with van der Waals surface area (Å²) in [6, 6.07) is 1.71. The van der Waals surface area contributed by atoms with E-state index in [0.29, 0.717) is 32.0 Å². The summed E-state index contributed by atoms with van der Waals surface area (Å²) in [5, 5.41) is 10.5. The Morgan fingerprint density at radius 1 is 1.21 bits per heavy atom. The second-order valence-electron chi connectivity index (χ2n) is 9.47. The number of nitrogens with one attached hydrogen (secondary N) is 2. The highest BCUT2D eigenvalue weighted by atomic mass is 16.5. The molecule has 1 aromatic rings. The Morgan fingerprint density at radius 2 is 1.94 bits per heavy atom. The highest BCUT2D eigenvalue weighted by Crippen LogP contribution is 2.29. The summed E-state index contributed by atoms with van der Waals surface area (Å²) in [6.45, 7) is 8.88. The number of amides is 3. The van der Waals surface area contributed by atoms with Gasteiger partial charge in [0.2, 0.25) is 5.91 Å². The minimum absolute atomic E-state index is 0.145. The Labute approximate surface area is 195 Å². The zero-order valence-corrected chi connectivity index (χ0v) is 19.8. The zero-order valence-electron chi connectivity index (χ0n) is 19.8. The number of morpholine rings is 1. The van der Waals surface area contributed by atoms with E-state index in [1.54, 1.807) is 17.9 Å². The van der Waals surface area contributed by atoms with Crippen LogP contribution in [0.1, 0.15) is 66.9 Å². The molecule has 2 N–H and O–H groups in total. The highest BCUT2D eigenvalue weighted by Gasteiger charge is 2.48. The van der Waals surface area contributed by atoms with E-state index in [1.165, 1.54) is 4.68 Å². The number of carbonyl (C=O) groups excluding carboxylic acids is 3. The number of nitrogens with zero attached hydrogens (tertiary/aromatic N) is 4. The van der Waals surface area contributed by atoms with E-state index in [0.717, 1.165) is 51.7 Å². The molecule has 1 aliphatic carbocycles. The van der Waals surface area contributed by atoms with Crippen LogP contribution >= 0.6 is 0 Å². The van der Waals surface area contributed by atoms with Crippen molar-refractivity contribution in [3.8, 4) is 0 Å². The fourth-order valence-electron chi connectivity index (χ4n) is 4.98. The summed E-state index contributed by atoms with van der Waals surface area (Å²) < 4.78 is 6.87. The predicted molar refractivity (Wildman–Crippen MR) is 122 cm³/mol. The van der Waals surface area contributed by atoms with Crippen molar-refractivity contribution in [1.82, 2.24) is 30.2 Å². The smallest absolute Gasteiger partial charge is 0.273 e. The van der Waals surface area contributed by atoms with Gasteiger partial charge in [-0.05, 0) is 26.2 Å². The molecular weight excluding hydrogens is 424 g/mol. The molecule has 1 unspecified atom stereocenters. The highest BCUT2D eigenvalue weighted by molar-refractivity contribution is 6.01. The quantitative estimate of drug-likeness (QED) is 0.589. The Morgan fingerprint density at radius 3 is 2.64 bits per heavy atom. The average molecular weight is 461 g/mol. The van der Waals surface area contributed by atoms with Gasteiger partial charge in [0.25, 0.3) is 11.8 Å². The monoisotopic (exact) mass is 460 g/mol. The number of fused-ring (bicyclic) bond motifs is 1. The maximum atomic E-state index is 13.4. The number of rotatable bonds is 8. The Kier molecular flexibility index (Phi) is 7.33. The molecule has 3 heterocycles. The van der Waals surface area contributed by atoms with Crippen LogP contribution in [0.3, 0.4) is 0 Å². The fourth-order valence-corrected chi connectivity index (χ4v) is 4.98. The molecule has 3 amide bonds.